The Kier molecular flexibility index (Phi) is 6.15. The lowest BCUT2D eigenvalue weighted by Gasteiger charge is -2.31. The van der Waals surface area contributed by atoms with E-state index in [1.807, 2.05) is 6.92 Å². The molecule has 0 N–H and O–H groups in total. The monoisotopic (exact) mass is 418 g/mol. The molecule has 5 nitrogen and oxygen atoms in total. The molecule has 2 aliphatic rings. The number of carbonyl (C=O) groups is 1. The highest BCUT2D eigenvalue weighted by atomic mass is 32.1. The summed E-state index contributed by atoms with van der Waals surface area (Å²) >= 11 is 1.63. The number of hydrogen-bond acceptors (Lipinski definition) is 6. The average Bonchev–Trinajstić information content (AvgIpc) is 3.15. The van der Waals surface area contributed by atoms with E-state index in [9.17, 15) is 9.18 Å². The largest absolute Gasteiger partial charge is 0.469 e. The van der Waals surface area contributed by atoms with Crippen LogP contribution in [0.5, 0.6) is 0 Å². The van der Waals surface area contributed by atoms with E-state index in [1.54, 1.807) is 11.3 Å². The predicted molar refractivity (Wildman–Crippen MR) is 112 cm³/mol. The quantitative estimate of drug-likeness (QED) is 0.691. The Morgan fingerprint density at radius 3 is 2.66 bits per heavy atom. The fourth-order valence-corrected chi connectivity index (χ4v) is 5.40. The summed E-state index contributed by atoms with van der Waals surface area (Å²) in [6.45, 7) is 5.29. The highest BCUT2D eigenvalue weighted by Crippen LogP contribution is 2.44. The van der Waals surface area contributed by atoms with Gasteiger partial charge in [-0.3, -0.25) is 4.79 Å². The number of aromatic nitrogens is 1. The highest BCUT2D eigenvalue weighted by Gasteiger charge is 2.39. The van der Waals surface area contributed by atoms with Crippen molar-refractivity contribution in [3.05, 3.63) is 35.0 Å². The van der Waals surface area contributed by atoms with Crippen LogP contribution in [0.3, 0.4) is 0 Å². The maximum Gasteiger partial charge on any atom is 0.309 e. The Morgan fingerprint density at radius 1 is 1.24 bits per heavy atom. The van der Waals surface area contributed by atoms with Gasteiger partial charge in [0.2, 0.25) is 0 Å². The predicted octanol–water partition coefficient (Wildman–Crippen LogP) is 4.35. The zero-order chi connectivity index (χ0) is 20.4. The van der Waals surface area contributed by atoms with Gasteiger partial charge >= 0.3 is 5.97 Å². The third-order valence-corrected chi connectivity index (χ3v) is 6.94. The van der Waals surface area contributed by atoms with Gasteiger partial charge in [0, 0.05) is 24.7 Å². The Labute approximate surface area is 174 Å². The summed E-state index contributed by atoms with van der Waals surface area (Å²) in [5, 5.41) is 0.957. The van der Waals surface area contributed by atoms with Crippen LogP contribution >= 0.6 is 11.3 Å². The molecular formula is C22H27FN2O3S. The topological polar surface area (TPSA) is 51.7 Å². The van der Waals surface area contributed by atoms with Crippen LogP contribution in [0, 0.1) is 12.8 Å². The molecule has 3 unspecified atom stereocenters. The molecule has 7 heteroatoms. The van der Waals surface area contributed by atoms with Crippen molar-refractivity contribution >= 4 is 23.0 Å². The lowest BCUT2D eigenvalue weighted by Crippen LogP contribution is -2.36. The van der Waals surface area contributed by atoms with E-state index in [-0.39, 0.29) is 18.3 Å². The summed E-state index contributed by atoms with van der Waals surface area (Å²) < 4.78 is 24.4. The molecule has 1 aromatic carbocycles. The molecule has 1 aliphatic carbocycles. The molecule has 0 amide bonds. The number of anilines is 1. The number of benzene rings is 1. The van der Waals surface area contributed by atoms with E-state index in [2.05, 4.69) is 29.2 Å². The lowest BCUT2D eigenvalue weighted by molar-refractivity contribution is -0.148. The van der Waals surface area contributed by atoms with Crippen LogP contribution in [0.1, 0.15) is 35.9 Å². The van der Waals surface area contributed by atoms with Crippen LogP contribution in [0.15, 0.2) is 24.3 Å². The molecule has 2 fully saturated rings. The number of alkyl halides is 1. The summed E-state index contributed by atoms with van der Waals surface area (Å²) in [6, 6.07) is 8.51. The standard InChI is InChI=1S/C22H27FN2O3S/c1-14-24-20(18-8-5-16(23)13-19(18)22(26)27-2)21(29-14)15-3-6-17(7-4-15)25-9-11-28-12-10-25/h3-4,6-7,16,18-19H,5,8-13H2,1-2H3. The molecule has 0 bridgehead atoms. The third kappa shape index (κ3) is 4.31. The van der Waals surface area contributed by atoms with Gasteiger partial charge in [-0.25, -0.2) is 9.37 Å². The smallest absolute Gasteiger partial charge is 0.309 e. The van der Waals surface area contributed by atoms with Gasteiger partial charge in [0.05, 0.1) is 41.8 Å². The van der Waals surface area contributed by atoms with Crippen LogP contribution in [0.4, 0.5) is 10.1 Å². The Morgan fingerprint density at radius 2 is 1.97 bits per heavy atom. The van der Waals surface area contributed by atoms with Gasteiger partial charge in [-0.2, -0.15) is 0 Å². The minimum absolute atomic E-state index is 0.103. The molecule has 3 atom stereocenters. The number of esters is 1. The Hall–Kier alpha value is -1.99. The normalized spacial score (nSPS) is 25.1. The highest BCUT2D eigenvalue weighted by molar-refractivity contribution is 7.15. The van der Waals surface area contributed by atoms with E-state index in [0.717, 1.165) is 47.4 Å². The van der Waals surface area contributed by atoms with Gasteiger partial charge in [0.15, 0.2) is 0 Å². The van der Waals surface area contributed by atoms with Crippen molar-refractivity contribution in [3.8, 4) is 10.4 Å². The Balaban J connectivity index is 1.63. The molecule has 156 valence electrons. The minimum atomic E-state index is -0.952. The second-order valence-electron chi connectivity index (χ2n) is 7.74. The number of methoxy groups -OCH3 is 1. The fourth-order valence-electron chi connectivity index (χ4n) is 4.40. The average molecular weight is 419 g/mol. The number of carbonyl (C=O) groups excluding carboxylic acids is 1. The number of aryl methyl sites for hydroxylation is 1. The van der Waals surface area contributed by atoms with Crippen molar-refractivity contribution in [2.45, 2.75) is 38.3 Å². The summed E-state index contributed by atoms with van der Waals surface area (Å²) in [4.78, 5) is 20.5. The van der Waals surface area contributed by atoms with E-state index >= 15 is 0 Å². The zero-order valence-electron chi connectivity index (χ0n) is 16.9. The molecule has 29 heavy (non-hydrogen) atoms. The van der Waals surface area contributed by atoms with Gasteiger partial charge in [-0.1, -0.05) is 12.1 Å². The maximum atomic E-state index is 14.0. The van der Waals surface area contributed by atoms with E-state index in [4.69, 9.17) is 14.5 Å². The number of rotatable bonds is 4. The molecule has 0 spiro atoms. The first-order valence-corrected chi connectivity index (χ1v) is 11.0. The third-order valence-electron chi connectivity index (χ3n) is 5.91. The number of halogens is 1. The van der Waals surface area contributed by atoms with Gasteiger partial charge in [0.25, 0.3) is 0 Å². The number of thiazole rings is 1. The molecule has 1 aliphatic heterocycles. The van der Waals surface area contributed by atoms with Crippen molar-refractivity contribution in [2.24, 2.45) is 5.92 Å². The second-order valence-corrected chi connectivity index (χ2v) is 8.94. The van der Waals surface area contributed by atoms with Crippen molar-refractivity contribution < 1.29 is 18.7 Å². The molecule has 0 radical (unpaired) electrons. The molecular weight excluding hydrogens is 391 g/mol. The van der Waals surface area contributed by atoms with Crippen LogP contribution < -0.4 is 4.90 Å². The molecule has 2 aromatic rings. The van der Waals surface area contributed by atoms with Gasteiger partial charge in [0.1, 0.15) is 6.17 Å². The zero-order valence-corrected chi connectivity index (χ0v) is 17.7. The molecule has 1 aromatic heterocycles. The molecule has 1 saturated heterocycles. The number of ether oxygens (including phenoxy) is 2. The van der Waals surface area contributed by atoms with Crippen LogP contribution in [-0.4, -0.2) is 50.5 Å². The van der Waals surface area contributed by atoms with Crippen molar-refractivity contribution in [1.82, 2.24) is 4.98 Å². The first-order chi connectivity index (χ1) is 14.1. The van der Waals surface area contributed by atoms with Crippen molar-refractivity contribution in [2.75, 3.05) is 38.3 Å². The fraction of sp³-hybridized carbons (Fsp3) is 0.545. The molecule has 4 rings (SSSR count). The molecule has 2 heterocycles. The van der Waals surface area contributed by atoms with Crippen molar-refractivity contribution in [1.29, 1.82) is 0 Å². The number of hydrogen-bond donors (Lipinski definition) is 0. The van der Waals surface area contributed by atoms with Crippen LogP contribution in [0.2, 0.25) is 0 Å². The minimum Gasteiger partial charge on any atom is -0.469 e. The lowest BCUT2D eigenvalue weighted by atomic mass is 9.76. The summed E-state index contributed by atoms with van der Waals surface area (Å²) in [6.07, 6.45) is 0.336. The van der Waals surface area contributed by atoms with Crippen LogP contribution in [0.25, 0.3) is 10.4 Å². The van der Waals surface area contributed by atoms with Crippen molar-refractivity contribution in [3.63, 3.8) is 0 Å². The summed E-state index contributed by atoms with van der Waals surface area (Å²) in [5.74, 6) is -0.915. The molecule has 1 saturated carbocycles. The Bertz CT molecular complexity index is 848. The number of nitrogens with zero attached hydrogens (tertiary/aromatic N) is 2. The van der Waals surface area contributed by atoms with E-state index in [1.165, 1.54) is 12.8 Å². The van der Waals surface area contributed by atoms with Crippen LogP contribution in [-0.2, 0) is 14.3 Å². The SMILES string of the molecule is COC(=O)C1CC(F)CCC1c1nc(C)sc1-c1ccc(N2CCOCC2)cc1. The summed E-state index contributed by atoms with van der Waals surface area (Å²) in [5.41, 5.74) is 3.19. The van der Waals surface area contributed by atoms with E-state index in [0.29, 0.717) is 12.8 Å². The maximum absolute atomic E-state index is 14.0. The summed E-state index contributed by atoms with van der Waals surface area (Å²) in [7, 11) is 1.37. The van der Waals surface area contributed by atoms with Gasteiger partial charge < -0.3 is 14.4 Å². The first-order valence-electron chi connectivity index (χ1n) is 10.2. The second kappa shape index (κ2) is 8.79. The van der Waals surface area contributed by atoms with E-state index < -0.39 is 12.1 Å². The van der Waals surface area contributed by atoms with Gasteiger partial charge in [-0.05, 0) is 43.9 Å². The van der Waals surface area contributed by atoms with Gasteiger partial charge in [-0.15, -0.1) is 11.3 Å². The number of morpholine rings is 1. The first kappa shape index (κ1) is 20.3.